The number of rotatable bonds is 3. The van der Waals surface area contributed by atoms with Gasteiger partial charge in [-0.2, -0.15) is 0 Å². The minimum Gasteiger partial charge on any atom is -0.482 e. The van der Waals surface area contributed by atoms with Crippen molar-refractivity contribution in [2.75, 3.05) is 23.4 Å². The van der Waals surface area contributed by atoms with Crippen LogP contribution in [0, 0.1) is 11.8 Å². The summed E-state index contributed by atoms with van der Waals surface area (Å²) < 4.78 is 6.29. The Bertz CT molecular complexity index is 1170. The van der Waals surface area contributed by atoms with E-state index in [1.165, 1.54) is 4.90 Å². The van der Waals surface area contributed by atoms with Gasteiger partial charge in [-0.1, -0.05) is 34.0 Å². The average Bonchev–Trinajstić information content (AvgIpc) is 2.75. The van der Waals surface area contributed by atoms with Gasteiger partial charge in [-0.15, -0.1) is 0 Å². The molecule has 0 bridgehead atoms. The Kier molecular flexibility index (Phi) is 5.77. The Morgan fingerprint density at radius 1 is 1.13 bits per heavy atom. The maximum absolute atomic E-state index is 12.6. The van der Waals surface area contributed by atoms with Crippen molar-refractivity contribution in [2.45, 2.75) is 0 Å². The molecule has 0 aliphatic carbocycles. The lowest BCUT2D eigenvalue weighted by Crippen LogP contribution is -2.43. The van der Waals surface area contributed by atoms with Gasteiger partial charge in [-0.05, 0) is 54.5 Å². The highest BCUT2D eigenvalue weighted by Gasteiger charge is 2.27. The number of carbonyl (C=O) groups is 2. The Labute approximate surface area is 182 Å². The van der Waals surface area contributed by atoms with Crippen LogP contribution in [0.5, 0.6) is 5.75 Å². The fourth-order valence-electron chi connectivity index (χ4n) is 2.94. The summed E-state index contributed by atoms with van der Waals surface area (Å²) in [5.74, 6) is 6.00. The van der Waals surface area contributed by atoms with Gasteiger partial charge in [0.15, 0.2) is 6.61 Å². The summed E-state index contributed by atoms with van der Waals surface area (Å²) in [5, 5.41) is 2.82. The van der Waals surface area contributed by atoms with Crippen molar-refractivity contribution < 1.29 is 14.3 Å². The third kappa shape index (κ3) is 4.67. The third-order valence-electron chi connectivity index (χ3n) is 4.31. The van der Waals surface area contributed by atoms with Crippen molar-refractivity contribution in [2.24, 2.45) is 0 Å². The van der Waals surface area contributed by atoms with E-state index >= 15 is 0 Å². The third-order valence-corrected chi connectivity index (χ3v) is 4.81. The van der Waals surface area contributed by atoms with E-state index in [0.717, 1.165) is 10.0 Å². The van der Waals surface area contributed by atoms with Crippen LogP contribution in [-0.4, -0.2) is 29.9 Å². The molecule has 6 nitrogen and oxygen atoms in total. The number of ether oxygens (including phenoxy) is 1. The van der Waals surface area contributed by atoms with Crippen molar-refractivity contribution in [3.05, 3.63) is 82.6 Å². The minimum absolute atomic E-state index is 0.102. The number of halogens is 1. The maximum atomic E-state index is 12.6. The fraction of sp³-hybridized carbons (Fsp3) is 0.0870. The lowest BCUT2D eigenvalue weighted by Gasteiger charge is -2.29. The Balaban J connectivity index is 1.46. The molecule has 0 atom stereocenters. The monoisotopic (exact) mass is 461 g/mol. The van der Waals surface area contributed by atoms with Crippen molar-refractivity contribution in [1.82, 2.24) is 4.98 Å². The molecule has 0 fully saturated rings. The molecule has 2 amide bonds. The number of anilines is 2. The second-order valence-corrected chi connectivity index (χ2v) is 7.39. The summed E-state index contributed by atoms with van der Waals surface area (Å²) in [5.41, 5.74) is 2.59. The first kappa shape index (κ1) is 19.7. The topological polar surface area (TPSA) is 71.5 Å². The van der Waals surface area contributed by atoms with Crippen molar-refractivity contribution in [1.29, 1.82) is 0 Å². The molecule has 0 saturated heterocycles. The summed E-state index contributed by atoms with van der Waals surface area (Å²) in [6, 6.07) is 18.1. The fourth-order valence-corrected chi connectivity index (χ4v) is 3.28. The number of nitrogens with zero attached hydrogens (tertiary/aromatic N) is 2. The zero-order valence-corrected chi connectivity index (χ0v) is 17.3. The van der Waals surface area contributed by atoms with E-state index in [-0.39, 0.29) is 25.0 Å². The lowest BCUT2D eigenvalue weighted by molar-refractivity contribution is -0.123. The molecule has 0 unspecified atom stereocenters. The predicted octanol–water partition coefficient (Wildman–Crippen LogP) is 3.61. The van der Waals surface area contributed by atoms with E-state index in [0.29, 0.717) is 22.8 Å². The molecule has 30 heavy (non-hydrogen) atoms. The number of benzene rings is 2. The summed E-state index contributed by atoms with van der Waals surface area (Å²) >= 11 is 3.38. The number of aromatic nitrogens is 1. The molecule has 1 aliphatic rings. The highest BCUT2D eigenvalue weighted by molar-refractivity contribution is 9.10. The number of carbonyl (C=O) groups excluding carboxylic acids is 2. The van der Waals surface area contributed by atoms with Crippen LogP contribution in [0.2, 0.25) is 0 Å². The molecule has 0 spiro atoms. The molecule has 148 valence electrons. The molecule has 7 heteroatoms. The van der Waals surface area contributed by atoms with Crippen LogP contribution in [0.15, 0.2) is 71.3 Å². The van der Waals surface area contributed by atoms with Crippen LogP contribution >= 0.6 is 15.9 Å². The van der Waals surface area contributed by atoms with Gasteiger partial charge in [0, 0.05) is 21.9 Å². The van der Waals surface area contributed by atoms with Gasteiger partial charge >= 0.3 is 0 Å². The summed E-state index contributed by atoms with van der Waals surface area (Å²) in [6.45, 7) is -0.212. The van der Waals surface area contributed by atoms with Crippen molar-refractivity contribution in [3.8, 4) is 17.6 Å². The number of hydrogen-bond donors (Lipinski definition) is 1. The SMILES string of the molecule is O=C(CN1C(=O)COc2cc(Br)ccc21)Nc1cccc(C#Cc2ccccn2)c1. The molecule has 4 rings (SSSR count). The van der Waals surface area contributed by atoms with Crippen molar-refractivity contribution >= 4 is 39.1 Å². The summed E-state index contributed by atoms with van der Waals surface area (Å²) in [7, 11) is 0. The molecule has 2 heterocycles. The van der Waals surface area contributed by atoms with E-state index in [1.54, 1.807) is 36.5 Å². The van der Waals surface area contributed by atoms with Gasteiger partial charge in [0.1, 0.15) is 18.0 Å². The second kappa shape index (κ2) is 8.80. The van der Waals surface area contributed by atoms with Gasteiger partial charge < -0.3 is 10.1 Å². The zero-order valence-electron chi connectivity index (χ0n) is 15.8. The van der Waals surface area contributed by atoms with E-state index in [2.05, 4.69) is 38.1 Å². The van der Waals surface area contributed by atoms with Gasteiger partial charge in [0.2, 0.25) is 5.91 Å². The highest BCUT2D eigenvalue weighted by Crippen LogP contribution is 2.34. The van der Waals surface area contributed by atoms with Gasteiger partial charge in [0.05, 0.1) is 5.69 Å². The van der Waals surface area contributed by atoms with Crippen LogP contribution in [-0.2, 0) is 9.59 Å². The quantitative estimate of drug-likeness (QED) is 0.604. The van der Waals surface area contributed by atoms with Crippen molar-refractivity contribution in [3.63, 3.8) is 0 Å². The first-order valence-electron chi connectivity index (χ1n) is 9.14. The van der Waals surface area contributed by atoms with E-state index in [4.69, 9.17) is 4.74 Å². The van der Waals surface area contributed by atoms with E-state index in [1.807, 2.05) is 30.3 Å². The molecule has 3 aromatic rings. The highest BCUT2D eigenvalue weighted by atomic mass is 79.9. The number of fused-ring (bicyclic) bond motifs is 1. The predicted molar refractivity (Wildman–Crippen MR) is 117 cm³/mol. The van der Waals surface area contributed by atoms with Crippen LogP contribution < -0.4 is 15.0 Å². The van der Waals surface area contributed by atoms with E-state index < -0.39 is 0 Å². The second-order valence-electron chi connectivity index (χ2n) is 6.47. The standard InChI is InChI=1S/C23H16BrN3O3/c24-17-8-10-20-21(13-17)30-15-23(29)27(20)14-22(28)26-19-6-3-4-16(12-19)7-9-18-5-1-2-11-25-18/h1-6,8,10-13H,14-15H2,(H,26,28). The number of hydrogen-bond acceptors (Lipinski definition) is 4. The molecule has 1 aliphatic heterocycles. The molecule has 0 saturated carbocycles. The molecule has 2 aromatic carbocycles. The van der Waals surface area contributed by atoms with Crippen LogP contribution in [0.4, 0.5) is 11.4 Å². The molecule has 1 aromatic heterocycles. The zero-order chi connectivity index (χ0) is 20.9. The number of pyridine rings is 1. The normalized spacial score (nSPS) is 12.3. The molecular formula is C23H16BrN3O3. The minimum atomic E-state index is -0.311. The van der Waals surface area contributed by atoms with Crippen LogP contribution in [0.1, 0.15) is 11.3 Å². The summed E-state index contributed by atoms with van der Waals surface area (Å²) in [6.07, 6.45) is 1.68. The maximum Gasteiger partial charge on any atom is 0.265 e. The number of nitrogens with one attached hydrogen (secondary N) is 1. The van der Waals surface area contributed by atoms with Crippen LogP contribution in [0.25, 0.3) is 0 Å². The van der Waals surface area contributed by atoms with Gasteiger partial charge in [0.25, 0.3) is 5.91 Å². The van der Waals surface area contributed by atoms with E-state index in [9.17, 15) is 9.59 Å². The largest absolute Gasteiger partial charge is 0.482 e. The first-order chi connectivity index (χ1) is 14.6. The number of amides is 2. The first-order valence-corrected chi connectivity index (χ1v) is 9.93. The molecule has 1 N–H and O–H groups in total. The lowest BCUT2D eigenvalue weighted by atomic mass is 10.2. The smallest absolute Gasteiger partial charge is 0.265 e. The van der Waals surface area contributed by atoms with Gasteiger partial charge in [-0.25, -0.2) is 4.98 Å². The average molecular weight is 462 g/mol. The van der Waals surface area contributed by atoms with Crippen LogP contribution in [0.3, 0.4) is 0 Å². The molecule has 0 radical (unpaired) electrons. The van der Waals surface area contributed by atoms with Gasteiger partial charge in [-0.3, -0.25) is 14.5 Å². The Morgan fingerprint density at radius 3 is 2.87 bits per heavy atom. The Hall–Kier alpha value is -3.63. The Morgan fingerprint density at radius 2 is 2.03 bits per heavy atom. The molecular weight excluding hydrogens is 446 g/mol. The summed E-state index contributed by atoms with van der Waals surface area (Å²) in [4.78, 5) is 30.5.